The lowest BCUT2D eigenvalue weighted by Crippen LogP contribution is -2.39. The molecule has 2 saturated heterocycles. The molecule has 76 heavy (non-hydrogen) atoms. The fourth-order valence-corrected chi connectivity index (χ4v) is 11.7. The number of aromatic nitrogens is 5. The molecule has 4 fully saturated rings. The van der Waals surface area contributed by atoms with Crippen molar-refractivity contribution >= 4 is 39.8 Å². The SMILES string of the molecule is CCN(c1ncc(-c2c(C)noc2C)nc1CN1C(=O)O[C@H](c2cc(C)cc(C(F)(F)F)c2)[C@@H]1C)C1CCCCC1.CCN(c1ncc(Br)nc1CN1C(=O)O[C@H](c2cc(C)cc(C(F)(F)F)c2)[C@@H]1C)C1CCCCC1. The van der Waals surface area contributed by atoms with E-state index in [0.717, 1.165) is 87.3 Å². The van der Waals surface area contributed by atoms with E-state index in [4.69, 9.17) is 24.0 Å². The molecule has 21 heteroatoms. The molecule has 0 unspecified atom stereocenters. The molecule has 410 valence electrons. The zero-order chi connectivity index (χ0) is 54.8. The Balaban J connectivity index is 0.000000204. The van der Waals surface area contributed by atoms with Crippen LogP contribution in [0.25, 0.3) is 11.3 Å². The summed E-state index contributed by atoms with van der Waals surface area (Å²) in [5, 5.41) is 4.05. The van der Waals surface area contributed by atoms with Crippen molar-refractivity contribution in [3.05, 3.63) is 110 Å². The van der Waals surface area contributed by atoms with Crippen LogP contribution in [0.2, 0.25) is 0 Å². The van der Waals surface area contributed by atoms with Crippen LogP contribution in [-0.4, -0.2) is 84.3 Å². The molecule has 2 aromatic carbocycles. The van der Waals surface area contributed by atoms with Crippen molar-refractivity contribution in [1.82, 2.24) is 34.9 Å². The summed E-state index contributed by atoms with van der Waals surface area (Å²) in [5.74, 6) is 2.05. The number of nitrogens with zero attached hydrogens (tertiary/aromatic N) is 9. The summed E-state index contributed by atoms with van der Waals surface area (Å²) in [7, 11) is 0. The largest absolute Gasteiger partial charge is 0.439 e. The Hall–Kier alpha value is -5.99. The summed E-state index contributed by atoms with van der Waals surface area (Å²) in [5.41, 5.74) is 3.30. The Morgan fingerprint density at radius 3 is 1.47 bits per heavy atom. The summed E-state index contributed by atoms with van der Waals surface area (Å²) in [6, 6.07) is 7.26. The summed E-state index contributed by atoms with van der Waals surface area (Å²) in [4.78, 5) is 52.8. The molecule has 4 aliphatic rings. The average Bonchev–Trinajstić information content (AvgIpc) is 3.99. The van der Waals surface area contributed by atoms with Crippen LogP contribution in [0, 0.1) is 27.7 Å². The number of hydrogen-bond donors (Lipinski definition) is 0. The smallest absolute Gasteiger partial charge is 0.416 e. The quantitative estimate of drug-likeness (QED) is 0.104. The van der Waals surface area contributed by atoms with Gasteiger partial charge in [-0.3, -0.25) is 9.80 Å². The highest BCUT2D eigenvalue weighted by molar-refractivity contribution is 9.10. The summed E-state index contributed by atoms with van der Waals surface area (Å²) in [6.45, 7) is 16.3. The maximum absolute atomic E-state index is 13.5. The number of cyclic esters (lactones) is 2. The fraction of sp³-hybridized carbons (Fsp3) is 0.545. The van der Waals surface area contributed by atoms with Crippen molar-refractivity contribution in [1.29, 1.82) is 0 Å². The van der Waals surface area contributed by atoms with Gasteiger partial charge in [-0.25, -0.2) is 29.5 Å². The normalized spacial score (nSPS) is 20.6. The summed E-state index contributed by atoms with van der Waals surface area (Å²) >= 11 is 3.39. The first-order valence-electron chi connectivity index (χ1n) is 26.2. The molecule has 14 nitrogen and oxygen atoms in total. The average molecular weight is 1130 g/mol. The van der Waals surface area contributed by atoms with Crippen molar-refractivity contribution in [2.24, 2.45) is 0 Å². The standard InChI is InChI=1S/C30H36F3N5O3.C25H30BrF3N4O2/c1-6-37(23-10-8-7-9-11-23)28-25(35-24(15-34-28)26-18(3)36-41-20(26)5)16-38-19(4)27(40-29(38)39)21-12-17(2)13-22(14-21)30(31,32)33;1-4-32(19-8-6-5-7-9-19)23-20(31-21(26)13-30-23)14-33-16(3)22(35-24(33)34)17-10-15(2)11-18(12-17)25(27,28)29/h12-15,19,23,27H,6-11,16H2,1-5H3;10-13,16,19,22H,4-9,14H2,1-3H3/t19-,27-;16-,22-/m00/s1. The number of anilines is 2. The van der Waals surface area contributed by atoms with Gasteiger partial charge in [0.05, 0.1) is 65.6 Å². The molecule has 2 aliphatic heterocycles. The number of amides is 2. The van der Waals surface area contributed by atoms with Gasteiger partial charge < -0.3 is 23.8 Å². The first-order chi connectivity index (χ1) is 36.1. The van der Waals surface area contributed by atoms with Gasteiger partial charge in [-0.1, -0.05) is 66.9 Å². The molecule has 4 atom stereocenters. The van der Waals surface area contributed by atoms with E-state index in [1.54, 1.807) is 52.2 Å². The van der Waals surface area contributed by atoms with E-state index in [1.807, 2.05) is 13.8 Å². The Kier molecular flexibility index (Phi) is 17.2. The zero-order valence-electron chi connectivity index (χ0n) is 44.2. The van der Waals surface area contributed by atoms with Crippen LogP contribution in [-0.2, 0) is 34.9 Å². The first-order valence-corrected chi connectivity index (χ1v) is 27.0. The number of aryl methyl sites for hydroxylation is 4. The molecule has 0 bridgehead atoms. The van der Waals surface area contributed by atoms with Crippen LogP contribution in [0.1, 0.15) is 160 Å². The molecule has 5 aromatic rings. The molecule has 2 amide bonds. The number of rotatable bonds is 13. The molecule has 2 saturated carbocycles. The lowest BCUT2D eigenvalue weighted by atomic mass is 9.94. The van der Waals surface area contributed by atoms with Gasteiger partial charge in [0.2, 0.25) is 0 Å². The first kappa shape index (κ1) is 56.2. The van der Waals surface area contributed by atoms with E-state index in [0.29, 0.717) is 73.3 Å². The molecule has 0 radical (unpaired) electrons. The van der Waals surface area contributed by atoms with E-state index in [-0.39, 0.29) is 13.1 Å². The number of halogens is 7. The number of ether oxygens (including phenoxy) is 2. The third kappa shape index (κ3) is 12.4. The van der Waals surface area contributed by atoms with Crippen LogP contribution >= 0.6 is 15.9 Å². The van der Waals surface area contributed by atoms with Crippen LogP contribution in [0.4, 0.5) is 47.6 Å². The van der Waals surface area contributed by atoms with E-state index in [2.05, 4.69) is 54.7 Å². The topological polar surface area (TPSA) is 143 Å². The Labute approximate surface area is 448 Å². The molecule has 9 rings (SSSR count). The second-order valence-electron chi connectivity index (χ2n) is 20.4. The Morgan fingerprint density at radius 2 is 1.07 bits per heavy atom. The van der Waals surface area contributed by atoms with Gasteiger partial charge >= 0.3 is 24.5 Å². The number of carbonyl (C=O) groups is 2. The van der Waals surface area contributed by atoms with Crippen LogP contribution in [0.3, 0.4) is 0 Å². The molecule has 2 aliphatic carbocycles. The van der Waals surface area contributed by atoms with Gasteiger partial charge in [-0.15, -0.1) is 0 Å². The van der Waals surface area contributed by atoms with Gasteiger partial charge in [0.1, 0.15) is 34.0 Å². The molecule has 5 heterocycles. The highest BCUT2D eigenvalue weighted by Crippen LogP contribution is 2.41. The molecule has 3 aromatic heterocycles. The highest BCUT2D eigenvalue weighted by Gasteiger charge is 2.44. The third-order valence-corrected chi connectivity index (χ3v) is 15.5. The number of benzene rings is 2. The number of alkyl halides is 6. The lowest BCUT2D eigenvalue weighted by molar-refractivity contribution is -0.138. The van der Waals surface area contributed by atoms with E-state index >= 15 is 0 Å². The minimum atomic E-state index is -4.50. The van der Waals surface area contributed by atoms with E-state index in [1.165, 1.54) is 35.5 Å². The van der Waals surface area contributed by atoms with Gasteiger partial charge in [0, 0.05) is 25.2 Å². The minimum absolute atomic E-state index is 0.0945. The number of hydrogen-bond acceptors (Lipinski definition) is 12. The van der Waals surface area contributed by atoms with Crippen molar-refractivity contribution in [3.8, 4) is 11.3 Å². The predicted molar refractivity (Wildman–Crippen MR) is 277 cm³/mol. The second-order valence-corrected chi connectivity index (χ2v) is 21.3. The maximum atomic E-state index is 13.5. The van der Waals surface area contributed by atoms with Gasteiger partial charge in [-0.05, 0) is 132 Å². The van der Waals surface area contributed by atoms with E-state index in [9.17, 15) is 35.9 Å². The zero-order valence-corrected chi connectivity index (χ0v) is 45.8. The van der Waals surface area contributed by atoms with Crippen molar-refractivity contribution in [2.45, 2.75) is 181 Å². The summed E-state index contributed by atoms with van der Waals surface area (Å²) < 4.78 is 97.9. The predicted octanol–water partition coefficient (Wildman–Crippen LogP) is 14.1. The Morgan fingerprint density at radius 1 is 0.632 bits per heavy atom. The summed E-state index contributed by atoms with van der Waals surface area (Å²) in [6.07, 6.45) is 2.93. The maximum Gasteiger partial charge on any atom is 0.416 e. The third-order valence-electron chi connectivity index (χ3n) is 15.1. The highest BCUT2D eigenvalue weighted by atomic mass is 79.9. The van der Waals surface area contributed by atoms with Crippen LogP contribution in [0.15, 0.2) is 57.9 Å². The monoisotopic (exact) mass is 1130 g/mol. The molecular formula is C55H66BrF6N9O5. The van der Waals surface area contributed by atoms with Gasteiger partial charge in [0.15, 0.2) is 11.6 Å². The second kappa shape index (κ2) is 23.3. The van der Waals surface area contributed by atoms with Crippen LogP contribution in [0.5, 0.6) is 0 Å². The van der Waals surface area contributed by atoms with Gasteiger partial charge in [-0.2, -0.15) is 26.3 Å². The molecular weight excluding hydrogens is 1060 g/mol. The van der Waals surface area contributed by atoms with Crippen LogP contribution < -0.4 is 9.80 Å². The van der Waals surface area contributed by atoms with Crippen molar-refractivity contribution in [3.63, 3.8) is 0 Å². The van der Waals surface area contributed by atoms with Crippen molar-refractivity contribution in [2.75, 3.05) is 22.9 Å². The molecule has 0 spiro atoms. The Bertz CT molecular complexity index is 2850. The van der Waals surface area contributed by atoms with Crippen molar-refractivity contribution < 1.29 is 49.9 Å². The van der Waals surface area contributed by atoms with E-state index < -0.39 is 60.0 Å². The molecule has 0 N–H and O–H groups in total. The number of carbonyl (C=O) groups excluding carboxylic acids is 2. The minimum Gasteiger partial charge on any atom is -0.439 e. The van der Waals surface area contributed by atoms with Gasteiger partial charge in [0.25, 0.3) is 0 Å². The lowest BCUT2D eigenvalue weighted by Gasteiger charge is -2.35. The fourth-order valence-electron chi connectivity index (χ4n) is 11.3.